The number of cyclic esters (lactones) is 1. The molecule has 0 bridgehead atoms. The fourth-order valence-corrected chi connectivity index (χ4v) is 5.74. The molecule has 14 nitrogen and oxygen atoms in total. The summed E-state index contributed by atoms with van der Waals surface area (Å²) in [5, 5.41) is 17.7. The van der Waals surface area contributed by atoms with E-state index in [0.717, 1.165) is 16.4 Å². The van der Waals surface area contributed by atoms with E-state index in [4.69, 9.17) is 15.3 Å². The molecule has 2 saturated heterocycles. The van der Waals surface area contributed by atoms with Gasteiger partial charge in [-0.1, -0.05) is 11.2 Å². The lowest BCUT2D eigenvalue weighted by atomic mass is 10.0. The number of ether oxygens (including phenoxy) is 1. The van der Waals surface area contributed by atoms with Crippen LogP contribution in [0.1, 0.15) is 12.2 Å². The Labute approximate surface area is 217 Å². The quantitative estimate of drug-likeness (QED) is 0.118. The van der Waals surface area contributed by atoms with Gasteiger partial charge in [-0.2, -0.15) is 9.36 Å². The van der Waals surface area contributed by atoms with Gasteiger partial charge >= 0.3 is 5.97 Å². The number of rotatable bonds is 8. The maximum atomic E-state index is 13.1. The van der Waals surface area contributed by atoms with Crippen molar-refractivity contribution in [2.24, 2.45) is 5.16 Å². The molecule has 16 heteroatoms. The summed E-state index contributed by atoms with van der Waals surface area (Å²) in [6, 6.07) is 4.40. The number of nitrogen functional groups attached to an aromatic ring is 1. The van der Waals surface area contributed by atoms with Gasteiger partial charge in [0.15, 0.2) is 24.1 Å². The number of hydrogen-bond acceptors (Lipinski definition) is 13. The van der Waals surface area contributed by atoms with E-state index in [1.54, 1.807) is 17.0 Å². The number of aliphatic carboxylic acids is 1. The number of nitrogens with one attached hydrogen (secondary N) is 1. The highest BCUT2D eigenvalue weighted by Crippen LogP contribution is 2.40. The highest BCUT2D eigenvalue weighted by Gasteiger charge is 2.53. The minimum atomic E-state index is -1.48. The van der Waals surface area contributed by atoms with E-state index >= 15 is 0 Å². The number of pyridine rings is 1. The summed E-state index contributed by atoms with van der Waals surface area (Å²) in [5.74, 6) is -3.41. The second kappa shape index (κ2) is 10.1. The molecule has 5 rings (SSSR count). The lowest BCUT2D eigenvalue weighted by molar-refractivity contribution is -0.689. The molecular weight excluding hydrogens is 526 g/mol. The van der Waals surface area contributed by atoms with Crippen LogP contribution in [0.2, 0.25) is 0 Å². The van der Waals surface area contributed by atoms with E-state index in [1.165, 1.54) is 11.8 Å². The van der Waals surface area contributed by atoms with Crippen molar-refractivity contribution in [3.63, 3.8) is 0 Å². The third-order valence-electron chi connectivity index (χ3n) is 5.71. The molecule has 5 heterocycles. The summed E-state index contributed by atoms with van der Waals surface area (Å²) in [5.41, 5.74) is 5.54. The van der Waals surface area contributed by atoms with Crippen LogP contribution in [0.25, 0.3) is 0 Å². The molecule has 37 heavy (non-hydrogen) atoms. The molecule has 0 aliphatic carbocycles. The number of carbonyl (C=O) groups excluding carboxylic acids is 4. The standard InChI is InChI=1S/C21H19N7O7S2/c22-21-24-15(26-37-21)12(25-35-11-4-7-34-20(11)33)16(29)23-13-17(30)28-14(19(31)32)10(9-36-18(13)28)8-27-5-2-1-3-6-27/h1-3,5-6,11,13,18H,4,7-9H2,(H3-,22,23,24,26,29,31,32)/t11?,13?,18-/m1/s1. The fraction of sp³-hybridized carbons (Fsp3) is 0.333. The van der Waals surface area contributed by atoms with Gasteiger partial charge < -0.3 is 30.5 Å². The van der Waals surface area contributed by atoms with E-state index in [9.17, 15) is 24.3 Å². The number of esters is 1. The minimum Gasteiger partial charge on any atom is -0.543 e. The van der Waals surface area contributed by atoms with Crippen LogP contribution in [0, 0.1) is 0 Å². The fourth-order valence-electron chi connectivity index (χ4n) is 3.97. The van der Waals surface area contributed by atoms with Gasteiger partial charge in [-0.15, -0.1) is 11.8 Å². The lowest BCUT2D eigenvalue weighted by Gasteiger charge is -2.50. The smallest absolute Gasteiger partial charge is 0.350 e. The monoisotopic (exact) mass is 545 g/mol. The first-order valence-corrected chi connectivity index (χ1v) is 12.8. The highest BCUT2D eigenvalue weighted by molar-refractivity contribution is 8.00. The van der Waals surface area contributed by atoms with Crippen molar-refractivity contribution in [3.8, 4) is 0 Å². The third-order valence-corrected chi connectivity index (χ3v) is 7.59. The van der Waals surface area contributed by atoms with E-state index < -0.39 is 47.0 Å². The molecule has 192 valence electrons. The van der Waals surface area contributed by atoms with Crippen molar-refractivity contribution in [2.75, 3.05) is 18.1 Å². The molecule has 0 aromatic carbocycles. The molecule has 2 aromatic heterocycles. The van der Waals surface area contributed by atoms with E-state index in [2.05, 4.69) is 19.8 Å². The number of carboxylic acid groups (broad SMARTS) is 1. The molecule has 3 aliphatic heterocycles. The summed E-state index contributed by atoms with van der Waals surface area (Å²) in [6.07, 6.45) is 2.82. The zero-order valence-electron chi connectivity index (χ0n) is 18.9. The predicted molar refractivity (Wildman–Crippen MR) is 125 cm³/mol. The molecule has 3 aliphatic rings. The number of nitrogens with zero attached hydrogens (tertiary/aromatic N) is 5. The molecular formula is C21H19N7O7S2. The number of aromatic nitrogens is 3. The molecule has 0 spiro atoms. The van der Waals surface area contributed by atoms with Crippen LogP contribution < -0.4 is 20.7 Å². The Kier molecular flexibility index (Phi) is 6.75. The summed E-state index contributed by atoms with van der Waals surface area (Å²) in [4.78, 5) is 60.0. The summed E-state index contributed by atoms with van der Waals surface area (Å²) in [7, 11) is 0. The molecule has 2 amide bonds. The molecule has 2 aromatic rings. The van der Waals surface area contributed by atoms with Crippen LogP contribution in [0.15, 0.2) is 47.0 Å². The van der Waals surface area contributed by atoms with Crippen molar-refractivity contribution < 1.29 is 38.4 Å². The zero-order chi connectivity index (χ0) is 26.1. The van der Waals surface area contributed by atoms with Crippen LogP contribution in [-0.4, -0.2) is 73.6 Å². The van der Waals surface area contributed by atoms with Crippen molar-refractivity contribution in [1.82, 2.24) is 19.6 Å². The largest absolute Gasteiger partial charge is 0.543 e. The lowest BCUT2D eigenvalue weighted by Crippen LogP contribution is -2.71. The Hall–Kier alpha value is -4.05. The molecule has 0 radical (unpaired) electrons. The Morgan fingerprint density at radius 1 is 1.32 bits per heavy atom. The Morgan fingerprint density at radius 2 is 2.11 bits per heavy atom. The molecule has 3 N–H and O–H groups in total. The van der Waals surface area contributed by atoms with Crippen molar-refractivity contribution in [3.05, 3.63) is 47.7 Å². The first kappa shape index (κ1) is 24.6. The van der Waals surface area contributed by atoms with Gasteiger partial charge in [0.25, 0.3) is 11.8 Å². The number of thioether (sulfide) groups is 1. The normalized spacial score (nSPS) is 23.3. The van der Waals surface area contributed by atoms with Gasteiger partial charge in [-0.05, 0) is 0 Å². The first-order chi connectivity index (χ1) is 17.8. The molecule has 3 atom stereocenters. The third kappa shape index (κ3) is 4.84. The number of β-lactam (4-membered cyclic amide) rings is 1. The van der Waals surface area contributed by atoms with Crippen molar-refractivity contribution in [2.45, 2.75) is 30.5 Å². The topological polar surface area (TPSA) is 193 Å². The molecule has 2 fully saturated rings. The van der Waals surface area contributed by atoms with E-state index in [-0.39, 0.29) is 36.2 Å². The van der Waals surface area contributed by atoms with Crippen LogP contribution in [0.4, 0.5) is 5.13 Å². The molecule has 2 unspecified atom stereocenters. The van der Waals surface area contributed by atoms with E-state index in [1.807, 2.05) is 18.2 Å². The van der Waals surface area contributed by atoms with Crippen LogP contribution in [-0.2, 0) is 35.3 Å². The Morgan fingerprint density at radius 3 is 2.76 bits per heavy atom. The van der Waals surface area contributed by atoms with E-state index in [0.29, 0.717) is 11.3 Å². The van der Waals surface area contributed by atoms with Gasteiger partial charge in [0.2, 0.25) is 17.6 Å². The maximum Gasteiger partial charge on any atom is 0.350 e. The SMILES string of the molecule is Nc1nc(C(=NOC2CCOC2=O)C(=O)NC2C(=O)N3C(C(=O)[O-])=C(C[n+]4ccccc4)CS[C@H]23)ns1. The van der Waals surface area contributed by atoms with Crippen LogP contribution >= 0.6 is 23.3 Å². The van der Waals surface area contributed by atoms with Gasteiger partial charge in [0, 0.05) is 41.4 Å². The number of carbonyl (C=O) groups is 4. The van der Waals surface area contributed by atoms with Gasteiger partial charge in [-0.3, -0.25) is 14.5 Å². The maximum absolute atomic E-state index is 13.1. The number of hydrogen-bond donors (Lipinski definition) is 2. The van der Waals surface area contributed by atoms with Crippen LogP contribution in [0.3, 0.4) is 0 Å². The number of fused-ring (bicyclic) bond motifs is 1. The average Bonchev–Trinajstić information content (AvgIpc) is 3.50. The number of nitrogens with two attached hydrogens (primary N) is 1. The Bertz CT molecular complexity index is 1330. The second-order valence-electron chi connectivity index (χ2n) is 8.09. The van der Waals surface area contributed by atoms with Crippen molar-refractivity contribution >= 4 is 57.9 Å². The second-order valence-corrected chi connectivity index (χ2v) is 9.98. The minimum absolute atomic E-state index is 0.0667. The Balaban J connectivity index is 1.34. The summed E-state index contributed by atoms with van der Waals surface area (Å²) in [6.45, 7) is 0.423. The zero-order valence-corrected chi connectivity index (χ0v) is 20.6. The van der Waals surface area contributed by atoms with Crippen molar-refractivity contribution in [1.29, 1.82) is 0 Å². The van der Waals surface area contributed by atoms with Gasteiger partial charge in [-0.25, -0.2) is 9.36 Å². The summed E-state index contributed by atoms with van der Waals surface area (Å²) < 4.78 is 10.6. The number of oxime groups is 1. The van der Waals surface area contributed by atoms with Gasteiger partial charge in [0.1, 0.15) is 11.4 Å². The highest BCUT2D eigenvalue weighted by atomic mass is 32.2. The summed E-state index contributed by atoms with van der Waals surface area (Å²) >= 11 is 2.13. The first-order valence-electron chi connectivity index (χ1n) is 11.0. The average molecular weight is 546 g/mol. The van der Waals surface area contributed by atoms with Gasteiger partial charge in [0.05, 0.1) is 18.3 Å². The number of amides is 2. The molecule has 0 saturated carbocycles. The number of carboxylic acids is 1. The predicted octanol–water partition coefficient (Wildman–Crippen LogP) is -2.45. The number of anilines is 1. The van der Waals surface area contributed by atoms with Crippen LogP contribution in [0.5, 0.6) is 0 Å².